The van der Waals surface area contributed by atoms with Crippen LogP contribution in [0.25, 0.3) is 0 Å². The van der Waals surface area contributed by atoms with Crippen molar-refractivity contribution in [2.45, 2.75) is 41.7 Å². The first-order valence-corrected chi connectivity index (χ1v) is 12.6. The van der Waals surface area contributed by atoms with Crippen LogP contribution in [0.1, 0.15) is 25.7 Å². The number of alkyl halides is 3. The third-order valence-electron chi connectivity index (χ3n) is 5.65. The van der Waals surface area contributed by atoms with Crippen LogP contribution in [0.4, 0.5) is 18.9 Å². The van der Waals surface area contributed by atoms with Gasteiger partial charge in [-0.2, -0.15) is 0 Å². The molecule has 3 rings (SSSR count). The summed E-state index contributed by atoms with van der Waals surface area (Å²) in [6, 6.07) is 10.1. The maximum Gasteiger partial charge on any atom is 0.573 e. The molecule has 0 spiro atoms. The van der Waals surface area contributed by atoms with Crippen molar-refractivity contribution in [1.29, 1.82) is 0 Å². The number of halogens is 3. The van der Waals surface area contributed by atoms with Gasteiger partial charge in [-0.3, -0.25) is 14.8 Å². The van der Waals surface area contributed by atoms with Crippen molar-refractivity contribution in [2.24, 2.45) is 0 Å². The Morgan fingerprint density at radius 2 is 1.59 bits per heavy atom. The minimum atomic E-state index is -4.80. The van der Waals surface area contributed by atoms with Gasteiger partial charge in [0.15, 0.2) is 14.6 Å². The maximum atomic E-state index is 13.2. The fourth-order valence-corrected chi connectivity index (χ4v) is 5.69. The van der Waals surface area contributed by atoms with E-state index in [0.717, 1.165) is 12.1 Å². The van der Waals surface area contributed by atoms with E-state index in [1.54, 1.807) is 0 Å². The van der Waals surface area contributed by atoms with Gasteiger partial charge in [0, 0.05) is 25.3 Å². The molecule has 202 valence electrons. The molecule has 0 atom stereocenters. The van der Waals surface area contributed by atoms with Crippen LogP contribution >= 0.6 is 0 Å². The SMILES string of the molecule is O=C(CCCOc1ccc(S(=O)(=O)C2(C(=O)NO)CCOCC2)cc1)Nc1ccc(OC(F)(F)F)cc1. The Balaban J connectivity index is 1.49. The summed E-state index contributed by atoms with van der Waals surface area (Å²) in [5.41, 5.74) is 1.75. The normalized spacial score (nSPS) is 15.5. The van der Waals surface area contributed by atoms with Crippen molar-refractivity contribution in [2.75, 3.05) is 25.1 Å². The van der Waals surface area contributed by atoms with Gasteiger partial charge in [0.25, 0.3) is 5.91 Å². The molecule has 0 aromatic heterocycles. The van der Waals surface area contributed by atoms with Gasteiger partial charge in [-0.25, -0.2) is 13.9 Å². The smallest absolute Gasteiger partial charge is 0.494 e. The van der Waals surface area contributed by atoms with Crippen molar-refractivity contribution in [3.8, 4) is 11.5 Å². The molecule has 1 saturated heterocycles. The summed E-state index contributed by atoms with van der Waals surface area (Å²) in [6.45, 7) is 0.241. The van der Waals surface area contributed by atoms with Gasteiger partial charge in [0.1, 0.15) is 11.5 Å². The summed E-state index contributed by atoms with van der Waals surface area (Å²) in [6.07, 6.45) is -4.64. The molecule has 0 aliphatic carbocycles. The fraction of sp³-hybridized carbons (Fsp3) is 0.391. The number of nitrogens with one attached hydrogen (secondary N) is 2. The summed E-state index contributed by atoms with van der Waals surface area (Å²) < 4.78 is 75.7. The first-order valence-electron chi connectivity index (χ1n) is 11.1. The van der Waals surface area contributed by atoms with Crippen molar-refractivity contribution in [1.82, 2.24) is 5.48 Å². The third kappa shape index (κ3) is 7.11. The van der Waals surface area contributed by atoms with Crippen LogP contribution in [0.3, 0.4) is 0 Å². The van der Waals surface area contributed by atoms with Crippen molar-refractivity contribution in [3.05, 3.63) is 48.5 Å². The van der Waals surface area contributed by atoms with Crippen molar-refractivity contribution >= 4 is 27.3 Å². The molecule has 1 aliphatic rings. The second-order valence-corrected chi connectivity index (χ2v) is 10.4. The highest BCUT2D eigenvalue weighted by Crippen LogP contribution is 2.35. The molecular formula is C23H25F3N2O8S. The zero-order valence-electron chi connectivity index (χ0n) is 19.4. The average Bonchev–Trinajstić information content (AvgIpc) is 2.87. The summed E-state index contributed by atoms with van der Waals surface area (Å²) in [4.78, 5) is 24.2. The van der Waals surface area contributed by atoms with Crippen LogP contribution in [0.2, 0.25) is 0 Å². The van der Waals surface area contributed by atoms with Gasteiger partial charge in [-0.1, -0.05) is 0 Å². The highest BCUT2D eigenvalue weighted by molar-refractivity contribution is 7.93. The molecule has 37 heavy (non-hydrogen) atoms. The van der Waals surface area contributed by atoms with Crippen molar-refractivity contribution in [3.63, 3.8) is 0 Å². The molecule has 1 aliphatic heterocycles. The van der Waals surface area contributed by atoms with E-state index >= 15 is 0 Å². The van der Waals surface area contributed by atoms with E-state index in [0.29, 0.717) is 17.9 Å². The van der Waals surface area contributed by atoms with Crippen LogP contribution in [0.15, 0.2) is 53.4 Å². The zero-order chi connectivity index (χ0) is 27.1. The predicted molar refractivity (Wildman–Crippen MR) is 123 cm³/mol. The largest absolute Gasteiger partial charge is 0.573 e. The number of carbonyl (C=O) groups excluding carboxylic acids is 2. The van der Waals surface area contributed by atoms with E-state index in [9.17, 15) is 31.2 Å². The topological polar surface area (TPSA) is 140 Å². The number of carbonyl (C=O) groups is 2. The Bertz CT molecular complexity index is 1180. The summed E-state index contributed by atoms with van der Waals surface area (Å²) in [5.74, 6) is -1.46. The number of benzene rings is 2. The molecule has 2 amide bonds. The van der Waals surface area contributed by atoms with Crippen LogP contribution < -0.4 is 20.3 Å². The molecule has 0 radical (unpaired) electrons. The van der Waals surface area contributed by atoms with E-state index in [4.69, 9.17) is 14.7 Å². The Labute approximate surface area is 210 Å². The van der Waals surface area contributed by atoms with Crippen LogP contribution in [-0.4, -0.2) is 56.4 Å². The zero-order valence-corrected chi connectivity index (χ0v) is 20.2. The number of amides is 2. The Morgan fingerprint density at radius 3 is 2.16 bits per heavy atom. The number of anilines is 1. The Hall–Kier alpha value is -3.36. The molecule has 1 heterocycles. The van der Waals surface area contributed by atoms with Gasteiger partial charge in [-0.05, 0) is 67.8 Å². The van der Waals surface area contributed by atoms with Gasteiger partial charge in [0.05, 0.1) is 11.5 Å². The number of hydrogen-bond acceptors (Lipinski definition) is 8. The quantitative estimate of drug-likeness (QED) is 0.235. The minimum absolute atomic E-state index is 0.0548. The van der Waals surface area contributed by atoms with E-state index < -0.39 is 32.6 Å². The van der Waals surface area contributed by atoms with Crippen LogP contribution in [0.5, 0.6) is 11.5 Å². The highest BCUT2D eigenvalue weighted by atomic mass is 32.2. The van der Waals surface area contributed by atoms with Crippen LogP contribution in [0, 0.1) is 0 Å². The molecule has 1 fully saturated rings. The Kier molecular flexibility index (Phi) is 8.99. The lowest BCUT2D eigenvalue weighted by atomic mass is 9.98. The number of ether oxygens (including phenoxy) is 3. The summed E-state index contributed by atoms with van der Waals surface area (Å²) >= 11 is 0. The van der Waals surface area contributed by atoms with Gasteiger partial charge < -0.3 is 19.5 Å². The van der Waals surface area contributed by atoms with Gasteiger partial charge in [-0.15, -0.1) is 13.2 Å². The minimum Gasteiger partial charge on any atom is -0.494 e. The molecule has 0 saturated carbocycles. The number of sulfone groups is 1. The first-order chi connectivity index (χ1) is 17.5. The lowest BCUT2D eigenvalue weighted by Crippen LogP contribution is -2.54. The molecular weight excluding hydrogens is 521 g/mol. The molecule has 2 aromatic rings. The number of hydrogen-bond donors (Lipinski definition) is 3. The molecule has 10 nitrogen and oxygen atoms in total. The van der Waals surface area contributed by atoms with Gasteiger partial charge >= 0.3 is 6.36 Å². The standard InChI is InChI=1S/C23H25F3N2O8S/c24-23(25,26)36-18-5-3-16(4-6-18)27-20(29)2-1-13-35-17-7-9-19(10-8-17)37(32,33)22(21(30)28-31)11-14-34-15-12-22/h3-10,31H,1-2,11-15H2,(H,27,29)(H,28,30). The van der Waals surface area contributed by atoms with Gasteiger partial charge in [0.2, 0.25) is 5.91 Å². The highest BCUT2D eigenvalue weighted by Gasteiger charge is 2.52. The first kappa shape index (κ1) is 28.2. The average molecular weight is 547 g/mol. The lowest BCUT2D eigenvalue weighted by molar-refractivity contribution is -0.274. The maximum absolute atomic E-state index is 13.2. The summed E-state index contributed by atoms with van der Waals surface area (Å²) in [7, 11) is -4.15. The van der Waals surface area contributed by atoms with Crippen LogP contribution in [-0.2, 0) is 24.2 Å². The fourth-order valence-electron chi connectivity index (χ4n) is 3.75. The molecule has 0 unspecified atom stereocenters. The molecule has 2 aromatic carbocycles. The Morgan fingerprint density at radius 1 is 1.00 bits per heavy atom. The third-order valence-corrected chi connectivity index (χ3v) is 8.17. The van der Waals surface area contributed by atoms with E-state index in [-0.39, 0.29) is 49.9 Å². The summed E-state index contributed by atoms with van der Waals surface area (Å²) in [5, 5.41) is 11.6. The second-order valence-electron chi connectivity index (χ2n) is 8.09. The van der Waals surface area contributed by atoms with Crippen molar-refractivity contribution < 1.29 is 50.6 Å². The molecule has 3 N–H and O–H groups in total. The molecule has 0 bridgehead atoms. The number of hydroxylamine groups is 1. The lowest BCUT2D eigenvalue weighted by Gasteiger charge is -2.34. The predicted octanol–water partition coefficient (Wildman–Crippen LogP) is 3.21. The van der Waals surface area contributed by atoms with E-state index in [2.05, 4.69) is 10.1 Å². The monoisotopic (exact) mass is 546 g/mol. The van der Waals surface area contributed by atoms with E-state index in [1.165, 1.54) is 41.9 Å². The second kappa shape index (κ2) is 11.8. The number of rotatable bonds is 10. The molecule has 14 heteroatoms. The van der Waals surface area contributed by atoms with E-state index in [1.807, 2.05) is 0 Å².